The Kier molecular flexibility index (Phi) is 2.71. The van der Waals surface area contributed by atoms with E-state index in [9.17, 15) is 0 Å². The van der Waals surface area contributed by atoms with E-state index in [0.29, 0.717) is 11.0 Å². The number of imidazole rings is 1. The predicted molar refractivity (Wildman–Crippen MR) is 73.9 cm³/mol. The Hall–Kier alpha value is -1.21. The summed E-state index contributed by atoms with van der Waals surface area (Å²) in [6, 6.07) is 5.81. The van der Waals surface area contributed by atoms with E-state index in [-0.39, 0.29) is 0 Å². The van der Waals surface area contributed by atoms with E-state index in [2.05, 4.69) is 37.5 Å². The van der Waals surface area contributed by atoms with Gasteiger partial charge in [-0.05, 0) is 34.7 Å². The zero-order valence-corrected chi connectivity index (χ0v) is 11.4. The first-order valence-corrected chi connectivity index (χ1v) is 6.32. The molecule has 0 bridgehead atoms. The molecule has 0 aliphatic heterocycles. The van der Waals surface area contributed by atoms with Gasteiger partial charge < -0.3 is 4.40 Å². The smallest absolute Gasteiger partial charge is 0.181 e. The lowest BCUT2D eigenvalue weighted by Crippen LogP contribution is -1.91. The van der Waals surface area contributed by atoms with Gasteiger partial charge >= 0.3 is 0 Å². The summed E-state index contributed by atoms with van der Waals surface area (Å²) < 4.78 is 2.75. The average Bonchev–Trinajstić information content (AvgIpc) is 2.76. The predicted octanol–water partition coefficient (Wildman–Crippen LogP) is 3.05. The molecule has 0 amide bonds. The molecule has 84 valence electrons. The third-order valence-corrected chi connectivity index (χ3v) is 3.69. The summed E-state index contributed by atoms with van der Waals surface area (Å²) >= 11 is 8.06. The maximum atomic E-state index is 5.97. The van der Waals surface area contributed by atoms with Crippen LogP contribution in [-0.4, -0.2) is 19.4 Å². The summed E-state index contributed by atoms with van der Waals surface area (Å²) in [6.45, 7) is 0. The van der Waals surface area contributed by atoms with Crippen LogP contribution in [0.4, 0.5) is 0 Å². The van der Waals surface area contributed by atoms with Crippen LogP contribution in [0, 0.1) is 3.57 Å². The van der Waals surface area contributed by atoms with Crippen LogP contribution in [-0.2, 0) is 0 Å². The molecule has 3 rings (SSSR count). The van der Waals surface area contributed by atoms with Crippen molar-refractivity contribution in [2.75, 3.05) is 0 Å². The summed E-state index contributed by atoms with van der Waals surface area (Å²) in [6.07, 6.45) is 5.50. The summed E-state index contributed by atoms with van der Waals surface area (Å²) in [5.41, 5.74) is 1.58. The molecule has 0 atom stereocenters. The molecule has 0 radical (unpaired) electrons. The van der Waals surface area contributed by atoms with Crippen LogP contribution < -0.4 is 0 Å². The van der Waals surface area contributed by atoms with Crippen molar-refractivity contribution in [2.45, 2.75) is 0 Å². The average molecular weight is 357 g/mol. The van der Waals surface area contributed by atoms with E-state index in [0.717, 1.165) is 14.9 Å². The topological polar surface area (TPSA) is 43.1 Å². The van der Waals surface area contributed by atoms with Crippen LogP contribution in [0.3, 0.4) is 0 Å². The number of hydrogen-bond acceptors (Lipinski definition) is 3. The molecule has 17 heavy (non-hydrogen) atoms. The second kappa shape index (κ2) is 4.23. The van der Waals surface area contributed by atoms with Gasteiger partial charge in [-0.2, -0.15) is 0 Å². The van der Waals surface area contributed by atoms with Crippen molar-refractivity contribution < 1.29 is 0 Å². The summed E-state index contributed by atoms with van der Waals surface area (Å²) in [5.74, 6) is 0.541. The fourth-order valence-corrected chi connectivity index (χ4v) is 1.90. The van der Waals surface area contributed by atoms with Crippen LogP contribution in [0.2, 0.25) is 5.15 Å². The van der Waals surface area contributed by atoms with Gasteiger partial charge in [-0.1, -0.05) is 17.7 Å². The number of pyridine rings is 1. The van der Waals surface area contributed by atoms with Crippen molar-refractivity contribution >= 4 is 39.8 Å². The molecule has 0 N–H and O–H groups in total. The molecule has 3 aromatic rings. The highest BCUT2D eigenvalue weighted by molar-refractivity contribution is 14.1. The van der Waals surface area contributed by atoms with Crippen molar-refractivity contribution in [2.24, 2.45) is 0 Å². The summed E-state index contributed by atoms with van der Waals surface area (Å²) in [5, 5.41) is 0.452. The number of fused-ring (bicyclic) bond motifs is 1. The third kappa shape index (κ3) is 2.00. The molecule has 0 spiro atoms. The molecule has 0 saturated carbocycles. The Bertz CT molecular complexity index is 662. The van der Waals surface area contributed by atoms with Gasteiger partial charge in [0.1, 0.15) is 16.5 Å². The highest BCUT2D eigenvalue weighted by Gasteiger charge is 2.08. The second-order valence-corrected chi connectivity index (χ2v) is 4.94. The zero-order chi connectivity index (χ0) is 11.8. The number of aromatic nitrogens is 4. The SMILES string of the molecule is Clc1nc(-c2cn3ccccc3n2)ncc1I. The van der Waals surface area contributed by atoms with Crippen molar-refractivity contribution in [1.29, 1.82) is 0 Å². The van der Waals surface area contributed by atoms with Gasteiger partial charge in [0.05, 0.1) is 3.57 Å². The molecule has 4 nitrogen and oxygen atoms in total. The Morgan fingerprint density at radius 1 is 1.24 bits per heavy atom. The van der Waals surface area contributed by atoms with Crippen LogP contribution >= 0.6 is 34.2 Å². The number of hydrogen-bond donors (Lipinski definition) is 0. The van der Waals surface area contributed by atoms with Gasteiger partial charge in [0.2, 0.25) is 0 Å². The lowest BCUT2D eigenvalue weighted by Gasteiger charge is -1.96. The van der Waals surface area contributed by atoms with Gasteiger partial charge in [0, 0.05) is 18.6 Å². The largest absolute Gasteiger partial charge is 0.306 e. The van der Waals surface area contributed by atoms with Crippen molar-refractivity contribution in [3.8, 4) is 11.5 Å². The minimum absolute atomic E-state index is 0.452. The maximum absolute atomic E-state index is 5.97. The van der Waals surface area contributed by atoms with Crippen LogP contribution in [0.15, 0.2) is 36.8 Å². The molecule has 0 aromatic carbocycles. The summed E-state index contributed by atoms with van der Waals surface area (Å²) in [4.78, 5) is 12.9. The minimum Gasteiger partial charge on any atom is -0.306 e. The monoisotopic (exact) mass is 356 g/mol. The normalized spacial score (nSPS) is 10.9. The maximum Gasteiger partial charge on any atom is 0.181 e. The van der Waals surface area contributed by atoms with Gasteiger partial charge in [-0.25, -0.2) is 15.0 Å². The quantitative estimate of drug-likeness (QED) is 0.497. The number of nitrogens with zero attached hydrogens (tertiary/aromatic N) is 4. The van der Waals surface area contributed by atoms with Crippen LogP contribution in [0.1, 0.15) is 0 Å². The molecular formula is C11H6ClIN4. The van der Waals surface area contributed by atoms with Crippen LogP contribution in [0.25, 0.3) is 17.2 Å². The lowest BCUT2D eigenvalue weighted by atomic mass is 10.4. The van der Waals surface area contributed by atoms with E-state index >= 15 is 0 Å². The first kappa shape index (κ1) is 10.9. The van der Waals surface area contributed by atoms with E-state index in [1.54, 1.807) is 6.20 Å². The van der Waals surface area contributed by atoms with E-state index in [1.165, 1.54) is 0 Å². The van der Waals surface area contributed by atoms with Crippen molar-refractivity contribution in [3.05, 3.63) is 45.5 Å². The molecule has 3 heterocycles. The number of rotatable bonds is 1. The molecule has 6 heteroatoms. The Morgan fingerprint density at radius 2 is 2.12 bits per heavy atom. The highest BCUT2D eigenvalue weighted by atomic mass is 127. The van der Waals surface area contributed by atoms with Gasteiger partial charge in [0.25, 0.3) is 0 Å². The summed E-state index contributed by atoms with van der Waals surface area (Å²) in [7, 11) is 0. The highest BCUT2D eigenvalue weighted by Crippen LogP contribution is 2.20. The molecule has 0 aliphatic rings. The molecule has 0 aliphatic carbocycles. The van der Waals surface area contributed by atoms with E-state index < -0.39 is 0 Å². The number of halogens is 2. The van der Waals surface area contributed by atoms with Crippen molar-refractivity contribution in [1.82, 2.24) is 19.4 Å². The lowest BCUT2D eigenvalue weighted by molar-refractivity contribution is 1.14. The van der Waals surface area contributed by atoms with E-state index in [4.69, 9.17) is 11.6 Å². The first-order chi connectivity index (χ1) is 8.24. The molecule has 3 aromatic heterocycles. The zero-order valence-electron chi connectivity index (χ0n) is 8.51. The second-order valence-electron chi connectivity index (χ2n) is 3.42. The molecular weight excluding hydrogens is 351 g/mol. The van der Waals surface area contributed by atoms with Crippen LogP contribution in [0.5, 0.6) is 0 Å². The Labute approximate surface area is 116 Å². The van der Waals surface area contributed by atoms with Gasteiger partial charge in [-0.3, -0.25) is 0 Å². The van der Waals surface area contributed by atoms with Crippen molar-refractivity contribution in [3.63, 3.8) is 0 Å². The Morgan fingerprint density at radius 3 is 2.88 bits per heavy atom. The molecule has 0 unspecified atom stereocenters. The first-order valence-electron chi connectivity index (χ1n) is 4.86. The standard InChI is InChI=1S/C11H6ClIN4/c12-10-7(13)5-14-11(16-10)8-6-17-4-2-1-3-9(17)15-8/h1-6H. The van der Waals surface area contributed by atoms with Gasteiger partial charge in [0.15, 0.2) is 5.82 Å². The Balaban J connectivity index is 2.17. The molecule has 0 fully saturated rings. The van der Waals surface area contributed by atoms with E-state index in [1.807, 2.05) is 35.0 Å². The minimum atomic E-state index is 0.452. The third-order valence-electron chi connectivity index (χ3n) is 2.29. The molecule has 0 saturated heterocycles. The van der Waals surface area contributed by atoms with Gasteiger partial charge in [-0.15, -0.1) is 0 Å². The fourth-order valence-electron chi connectivity index (χ4n) is 1.51. The fraction of sp³-hybridized carbons (Fsp3) is 0.